The van der Waals surface area contributed by atoms with Crippen molar-refractivity contribution in [1.29, 1.82) is 0 Å². The van der Waals surface area contributed by atoms with Crippen molar-refractivity contribution in [1.82, 2.24) is 14.6 Å². The molecule has 226 valence electrons. The van der Waals surface area contributed by atoms with Gasteiger partial charge in [0.05, 0.1) is 17.3 Å². The number of carbonyl (C=O) groups excluding carboxylic acids is 2. The summed E-state index contributed by atoms with van der Waals surface area (Å²) in [5.74, 6) is -1.47. The third kappa shape index (κ3) is 9.09. The van der Waals surface area contributed by atoms with Crippen LogP contribution >= 0.6 is 19.5 Å². The van der Waals surface area contributed by atoms with E-state index in [4.69, 9.17) is 24.3 Å². The van der Waals surface area contributed by atoms with Crippen molar-refractivity contribution >= 4 is 37.3 Å². The Morgan fingerprint density at radius 2 is 1.90 bits per heavy atom. The summed E-state index contributed by atoms with van der Waals surface area (Å²) < 4.78 is 50.6. The number of nitrogens with one attached hydrogen (secondary N) is 1. The number of anilines is 1. The zero-order chi connectivity index (χ0) is 30.4. The lowest BCUT2D eigenvalue weighted by Gasteiger charge is -2.25. The number of esters is 2. The van der Waals surface area contributed by atoms with Gasteiger partial charge in [0.1, 0.15) is 29.9 Å². The summed E-state index contributed by atoms with van der Waals surface area (Å²) >= 11 is 0.854. The van der Waals surface area contributed by atoms with Crippen molar-refractivity contribution in [3.63, 3.8) is 0 Å². The second kappa shape index (κ2) is 13.9. The molecule has 1 aromatic carbocycles. The highest BCUT2D eigenvalue weighted by Gasteiger charge is 2.46. The SMILES string of the molecule is CC(NP(=O)(OCOC(=O)C(C)(C)C)OC[C@H]1S[C@@H](n2ccc(N)nc2=O)[C@@H](F)[C@@H]1O)C(=O)OCc1ccccc1. The monoisotopic (exact) mass is 616 g/mol. The normalized spacial score (nSPS) is 23.0. The molecular formula is C25H34FN4O9PS. The number of halogens is 1. The summed E-state index contributed by atoms with van der Waals surface area (Å²) in [6, 6.07) is 9.00. The van der Waals surface area contributed by atoms with E-state index >= 15 is 0 Å². The Balaban J connectivity index is 1.68. The minimum absolute atomic E-state index is 0.0373. The average molecular weight is 617 g/mol. The fraction of sp³-hybridized carbons (Fsp3) is 0.520. The zero-order valence-corrected chi connectivity index (χ0v) is 24.7. The van der Waals surface area contributed by atoms with E-state index < -0.39 is 73.1 Å². The Hall–Kier alpha value is -2.81. The van der Waals surface area contributed by atoms with E-state index in [1.54, 1.807) is 45.0 Å². The molecule has 0 amide bonds. The molecule has 4 N–H and O–H groups in total. The molecule has 1 saturated heterocycles. The number of nitrogens with two attached hydrogens (primary N) is 1. The van der Waals surface area contributed by atoms with Crippen molar-refractivity contribution < 1.29 is 42.2 Å². The van der Waals surface area contributed by atoms with Gasteiger partial charge in [0.15, 0.2) is 6.17 Å². The van der Waals surface area contributed by atoms with Crippen molar-refractivity contribution in [2.75, 3.05) is 19.1 Å². The number of alkyl halides is 1. The van der Waals surface area contributed by atoms with Gasteiger partial charge in [-0.3, -0.25) is 23.2 Å². The number of nitrogen functional groups attached to an aromatic ring is 1. The molecule has 0 bridgehead atoms. The maximum atomic E-state index is 15.0. The summed E-state index contributed by atoms with van der Waals surface area (Å²) in [5, 5.41) is 10.8. The van der Waals surface area contributed by atoms with E-state index in [2.05, 4.69) is 10.1 Å². The summed E-state index contributed by atoms with van der Waals surface area (Å²) in [6.07, 6.45) is -2.26. The van der Waals surface area contributed by atoms with E-state index in [0.29, 0.717) is 0 Å². The van der Waals surface area contributed by atoms with Crippen LogP contribution in [0.5, 0.6) is 0 Å². The lowest BCUT2D eigenvalue weighted by atomic mass is 9.98. The predicted molar refractivity (Wildman–Crippen MR) is 148 cm³/mol. The molecule has 0 radical (unpaired) electrons. The molecule has 2 unspecified atom stereocenters. The molecule has 0 aliphatic carbocycles. The van der Waals surface area contributed by atoms with Gasteiger partial charge in [0, 0.05) is 6.20 Å². The Morgan fingerprint density at radius 1 is 1.22 bits per heavy atom. The minimum atomic E-state index is -4.41. The number of ether oxygens (including phenoxy) is 2. The summed E-state index contributed by atoms with van der Waals surface area (Å²) in [4.78, 5) is 40.5. The van der Waals surface area contributed by atoms with Crippen molar-refractivity contribution in [3.8, 4) is 0 Å². The quantitative estimate of drug-likeness (QED) is 0.180. The predicted octanol–water partition coefficient (Wildman–Crippen LogP) is 2.55. The summed E-state index contributed by atoms with van der Waals surface area (Å²) in [5.41, 5.74) is 4.54. The van der Waals surface area contributed by atoms with Gasteiger partial charge in [-0.25, -0.2) is 18.8 Å². The van der Waals surface area contributed by atoms with E-state index in [1.165, 1.54) is 19.2 Å². The number of hydrogen-bond donors (Lipinski definition) is 3. The molecule has 6 atom stereocenters. The molecule has 13 nitrogen and oxygen atoms in total. The van der Waals surface area contributed by atoms with Gasteiger partial charge >= 0.3 is 25.4 Å². The molecule has 16 heteroatoms. The number of aromatic nitrogens is 2. The van der Waals surface area contributed by atoms with Crippen LogP contribution in [0.2, 0.25) is 0 Å². The maximum Gasteiger partial charge on any atom is 0.409 e. The van der Waals surface area contributed by atoms with E-state index in [9.17, 15) is 28.4 Å². The van der Waals surface area contributed by atoms with Gasteiger partial charge in [-0.05, 0) is 39.3 Å². The lowest BCUT2D eigenvalue weighted by molar-refractivity contribution is -0.160. The first-order valence-electron chi connectivity index (χ1n) is 12.6. The third-order valence-corrected chi connectivity index (χ3v) is 8.95. The lowest BCUT2D eigenvalue weighted by Crippen LogP contribution is -2.36. The molecule has 1 aromatic heterocycles. The minimum Gasteiger partial charge on any atom is -0.460 e. The second-order valence-electron chi connectivity index (χ2n) is 10.2. The van der Waals surface area contributed by atoms with Crippen molar-refractivity contribution in [3.05, 3.63) is 58.6 Å². The smallest absolute Gasteiger partial charge is 0.409 e. The van der Waals surface area contributed by atoms with Gasteiger partial charge < -0.3 is 20.3 Å². The Bertz CT molecular complexity index is 1310. The topological polar surface area (TPSA) is 181 Å². The molecule has 3 rings (SSSR count). The molecule has 1 fully saturated rings. The van der Waals surface area contributed by atoms with Crippen LogP contribution in [-0.2, 0) is 39.3 Å². The van der Waals surface area contributed by atoms with Gasteiger partial charge in [-0.1, -0.05) is 30.3 Å². The van der Waals surface area contributed by atoms with Gasteiger partial charge in [0.25, 0.3) is 0 Å². The number of rotatable bonds is 12. The highest BCUT2D eigenvalue weighted by molar-refractivity contribution is 8.00. The molecule has 1 aliphatic rings. The first kappa shape index (κ1) is 32.7. The first-order valence-corrected chi connectivity index (χ1v) is 15.1. The first-order chi connectivity index (χ1) is 19.2. The molecular weight excluding hydrogens is 582 g/mol. The number of hydrogen-bond acceptors (Lipinski definition) is 12. The van der Waals surface area contributed by atoms with Crippen LogP contribution in [0.15, 0.2) is 47.4 Å². The van der Waals surface area contributed by atoms with Crippen LogP contribution in [0.3, 0.4) is 0 Å². The van der Waals surface area contributed by atoms with Crippen LogP contribution < -0.4 is 16.5 Å². The number of nitrogens with zero attached hydrogens (tertiary/aromatic N) is 2. The molecule has 41 heavy (non-hydrogen) atoms. The van der Waals surface area contributed by atoms with Crippen LogP contribution in [0.25, 0.3) is 0 Å². The highest BCUT2D eigenvalue weighted by Crippen LogP contribution is 2.48. The zero-order valence-electron chi connectivity index (χ0n) is 23.0. The van der Waals surface area contributed by atoms with Gasteiger partial charge in [-0.2, -0.15) is 4.98 Å². The number of aliphatic hydroxyl groups is 1. The Morgan fingerprint density at radius 3 is 2.54 bits per heavy atom. The number of thioether (sulfide) groups is 1. The standard InChI is InChI=1S/C25H34FN4O9PS/c1-15(22(32)36-12-16-8-6-5-7-9-16)29-40(35,39-14-37-23(33)25(2,3)4)38-13-17-20(31)19(26)21(41-17)30-11-10-18(27)28-24(30)34/h5-11,15,17,19-21,31H,12-14H2,1-4H3,(H,29,35)(H2,27,28,34)/t15?,17-,19+,20-,21-,40?/m1/s1. The van der Waals surface area contributed by atoms with Crippen LogP contribution in [0.4, 0.5) is 10.2 Å². The van der Waals surface area contributed by atoms with Crippen molar-refractivity contribution in [2.24, 2.45) is 5.41 Å². The molecule has 0 spiro atoms. The van der Waals surface area contributed by atoms with Gasteiger partial charge in [0.2, 0.25) is 6.79 Å². The average Bonchev–Trinajstić information content (AvgIpc) is 3.19. The van der Waals surface area contributed by atoms with Crippen LogP contribution in [0.1, 0.15) is 38.6 Å². The van der Waals surface area contributed by atoms with Crippen molar-refractivity contribution in [2.45, 2.75) is 63.2 Å². The van der Waals surface area contributed by atoms with Crippen LogP contribution in [0, 0.1) is 5.41 Å². The summed E-state index contributed by atoms with van der Waals surface area (Å²) in [7, 11) is -4.41. The largest absolute Gasteiger partial charge is 0.460 e. The van der Waals surface area contributed by atoms with Crippen LogP contribution in [-0.4, -0.2) is 63.6 Å². The molecule has 0 saturated carbocycles. The van der Waals surface area contributed by atoms with E-state index in [1.807, 2.05) is 6.07 Å². The Kier molecular flexibility index (Phi) is 11.1. The maximum absolute atomic E-state index is 15.0. The Labute approximate surface area is 240 Å². The number of carbonyl (C=O) groups is 2. The highest BCUT2D eigenvalue weighted by atomic mass is 32.2. The fourth-order valence-electron chi connectivity index (χ4n) is 3.48. The van der Waals surface area contributed by atoms with E-state index in [0.717, 1.165) is 21.9 Å². The molecule has 1 aliphatic heterocycles. The second-order valence-corrected chi connectivity index (χ2v) is 13.3. The number of benzene rings is 1. The fourth-order valence-corrected chi connectivity index (χ4v) is 6.35. The molecule has 2 aromatic rings. The van der Waals surface area contributed by atoms with Gasteiger partial charge in [-0.15, -0.1) is 11.8 Å². The summed E-state index contributed by atoms with van der Waals surface area (Å²) in [6.45, 7) is 4.85. The van der Waals surface area contributed by atoms with E-state index in [-0.39, 0.29) is 12.4 Å². The molecule has 2 heterocycles. The number of aliphatic hydroxyl groups excluding tert-OH is 1. The third-order valence-electron chi connectivity index (χ3n) is 5.78.